The number of piperidine rings is 1. The van der Waals surface area contributed by atoms with Crippen LogP contribution in [0.2, 0.25) is 0 Å². The highest BCUT2D eigenvalue weighted by atomic mass is 16.2. The van der Waals surface area contributed by atoms with Gasteiger partial charge in [0.15, 0.2) is 0 Å². The van der Waals surface area contributed by atoms with E-state index >= 15 is 0 Å². The fourth-order valence-corrected chi connectivity index (χ4v) is 3.70. The summed E-state index contributed by atoms with van der Waals surface area (Å²) >= 11 is 0. The van der Waals surface area contributed by atoms with Crippen molar-refractivity contribution in [3.8, 4) is 0 Å². The van der Waals surface area contributed by atoms with Crippen molar-refractivity contribution in [2.24, 2.45) is 0 Å². The molecule has 0 aromatic carbocycles. The van der Waals surface area contributed by atoms with E-state index in [9.17, 15) is 9.59 Å². The molecule has 3 amide bonds. The van der Waals surface area contributed by atoms with Crippen LogP contribution in [0.15, 0.2) is 24.5 Å². The van der Waals surface area contributed by atoms with Gasteiger partial charge in [0.1, 0.15) is 0 Å². The van der Waals surface area contributed by atoms with Crippen LogP contribution in [0.4, 0.5) is 4.79 Å². The Hall–Kier alpha value is -2.15. The van der Waals surface area contributed by atoms with Crippen molar-refractivity contribution in [3.63, 3.8) is 0 Å². The maximum absolute atomic E-state index is 12.4. The van der Waals surface area contributed by atoms with Crippen LogP contribution in [0, 0.1) is 0 Å². The van der Waals surface area contributed by atoms with E-state index in [-0.39, 0.29) is 18.0 Å². The SMILES string of the molecule is CN(CC(=O)NC1CCN(C(=O)N2CCCC2)CC1)Cc1cccnc1. The van der Waals surface area contributed by atoms with Crippen LogP contribution in [0.1, 0.15) is 31.2 Å². The predicted molar refractivity (Wildman–Crippen MR) is 99.5 cm³/mol. The summed E-state index contributed by atoms with van der Waals surface area (Å²) in [6.07, 6.45) is 7.46. The van der Waals surface area contributed by atoms with Gasteiger partial charge in [-0.1, -0.05) is 6.07 Å². The third-order valence-corrected chi connectivity index (χ3v) is 5.10. The molecule has 0 bridgehead atoms. The van der Waals surface area contributed by atoms with Gasteiger partial charge in [-0.05, 0) is 44.4 Å². The highest BCUT2D eigenvalue weighted by Gasteiger charge is 2.28. The van der Waals surface area contributed by atoms with Gasteiger partial charge >= 0.3 is 6.03 Å². The Labute approximate surface area is 155 Å². The number of aromatic nitrogens is 1. The predicted octanol–water partition coefficient (Wildman–Crippen LogP) is 1.31. The van der Waals surface area contributed by atoms with Gasteiger partial charge in [0.2, 0.25) is 5.91 Å². The van der Waals surface area contributed by atoms with Crippen molar-refractivity contribution in [1.82, 2.24) is 25.0 Å². The third-order valence-electron chi connectivity index (χ3n) is 5.10. The number of urea groups is 1. The summed E-state index contributed by atoms with van der Waals surface area (Å²) < 4.78 is 0. The van der Waals surface area contributed by atoms with Crippen molar-refractivity contribution in [2.45, 2.75) is 38.3 Å². The zero-order chi connectivity index (χ0) is 18.4. The number of carbonyl (C=O) groups excluding carboxylic acids is 2. The topological polar surface area (TPSA) is 68.8 Å². The van der Waals surface area contributed by atoms with Gasteiger partial charge in [0.25, 0.3) is 0 Å². The smallest absolute Gasteiger partial charge is 0.319 e. The Kier molecular flexibility index (Phi) is 6.44. The molecule has 1 N–H and O–H groups in total. The monoisotopic (exact) mass is 359 g/mol. The number of nitrogens with zero attached hydrogens (tertiary/aromatic N) is 4. The number of rotatable bonds is 5. The summed E-state index contributed by atoms with van der Waals surface area (Å²) in [5.74, 6) is 0.0423. The van der Waals surface area contributed by atoms with Gasteiger partial charge in [0.05, 0.1) is 6.54 Å². The van der Waals surface area contributed by atoms with Crippen molar-refractivity contribution in [3.05, 3.63) is 30.1 Å². The molecule has 2 aliphatic heterocycles. The number of hydrogen-bond donors (Lipinski definition) is 1. The number of carbonyl (C=O) groups is 2. The number of likely N-dealkylation sites (N-methyl/N-ethyl adjacent to an activating group) is 1. The second-order valence-electron chi connectivity index (χ2n) is 7.34. The first kappa shape index (κ1) is 18.6. The number of hydrogen-bond acceptors (Lipinski definition) is 4. The first-order valence-electron chi connectivity index (χ1n) is 9.52. The molecule has 142 valence electrons. The van der Waals surface area contributed by atoms with E-state index in [1.807, 2.05) is 40.1 Å². The maximum atomic E-state index is 12.4. The number of nitrogens with one attached hydrogen (secondary N) is 1. The molecular weight excluding hydrogens is 330 g/mol. The van der Waals surface area contributed by atoms with E-state index in [1.54, 1.807) is 6.20 Å². The molecule has 7 nitrogen and oxygen atoms in total. The van der Waals surface area contributed by atoms with Crippen LogP contribution < -0.4 is 5.32 Å². The van der Waals surface area contributed by atoms with E-state index in [0.29, 0.717) is 13.1 Å². The van der Waals surface area contributed by atoms with Gasteiger partial charge in [-0.2, -0.15) is 0 Å². The highest BCUT2D eigenvalue weighted by Crippen LogP contribution is 2.16. The summed E-state index contributed by atoms with van der Waals surface area (Å²) in [6, 6.07) is 4.25. The summed E-state index contributed by atoms with van der Waals surface area (Å²) in [4.78, 5) is 34.6. The van der Waals surface area contributed by atoms with Gasteiger partial charge in [0, 0.05) is 51.2 Å². The molecule has 1 aromatic rings. The van der Waals surface area contributed by atoms with Crippen molar-refractivity contribution in [1.29, 1.82) is 0 Å². The van der Waals surface area contributed by atoms with Crippen LogP contribution in [-0.4, -0.2) is 77.4 Å². The molecule has 2 fully saturated rings. The highest BCUT2D eigenvalue weighted by molar-refractivity contribution is 5.78. The number of likely N-dealkylation sites (tertiary alicyclic amines) is 2. The summed E-state index contributed by atoms with van der Waals surface area (Å²) in [7, 11) is 1.93. The molecule has 0 unspecified atom stereocenters. The third kappa shape index (κ3) is 5.17. The lowest BCUT2D eigenvalue weighted by molar-refractivity contribution is -0.123. The minimum absolute atomic E-state index is 0.0423. The molecule has 3 rings (SSSR count). The van der Waals surface area contributed by atoms with Crippen LogP contribution >= 0.6 is 0 Å². The van der Waals surface area contributed by atoms with Gasteiger partial charge < -0.3 is 15.1 Å². The maximum Gasteiger partial charge on any atom is 0.319 e. The molecule has 7 heteroatoms. The van der Waals surface area contributed by atoms with Crippen molar-refractivity contribution >= 4 is 11.9 Å². The van der Waals surface area contributed by atoms with Crippen LogP contribution in [0.5, 0.6) is 0 Å². The Bertz CT molecular complexity index is 595. The molecule has 0 radical (unpaired) electrons. The second-order valence-corrected chi connectivity index (χ2v) is 7.34. The Morgan fingerprint density at radius 2 is 1.88 bits per heavy atom. The molecule has 3 heterocycles. The molecule has 26 heavy (non-hydrogen) atoms. The van der Waals surface area contributed by atoms with Crippen molar-refractivity contribution in [2.75, 3.05) is 39.8 Å². The molecular formula is C19H29N5O2. The fourth-order valence-electron chi connectivity index (χ4n) is 3.70. The second kappa shape index (κ2) is 8.98. The Morgan fingerprint density at radius 3 is 2.54 bits per heavy atom. The molecule has 1 aromatic heterocycles. The fraction of sp³-hybridized carbons (Fsp3) is 0.632. The first-order chi connectivity index (χ1) is 12.6. The Morgan fingerprint density at radius 1 is 1.19 bits per heavy atom. The largest absolute Gasteiger partial charge is 0.352 e. The van der Waals surface area contributed by atoms with E-state index in [4.69, 9.17) is 0 Å². The van der Waals surface area contributed by atoms with Gasteiger partial charge in [-0.25, -0.2) is 4.79 Å². The lowest BCUT2D eigenvalue weighted by Gasteiger charge is -2.35. The van der Waals surface area contributed by atoms with Gasteiger partial charge in [-0.3, -0.25) is 14.7 Å². The first-order valence-corrected chi connectivity index (χ1v) is 9.52. The molecule has 2 aliphatic rings. The van der Waals surface area contributed by atoms with Crippen molar-refractivity contribution < 1.29 is 9.59 Å². The average Bonchev–Trinajstić information content (AvgIpc) is 3.17. The van der Waals surface area contributed by atoms with E-state index in [2.05, 4.69) is 10.3 Å². The standard InChI is InChI=1S/C19H29N5O2/c1-22(14-16-5-4-8-20-13-16)15-18(25)21-17-6-11-24(12-7-17)19(26)23-9-2-3-10-23/h4-5,8,13,17H,2-3,6-7,9-12,14-15H2,1H3,(H,21,25). The summed E-state index contributed by atoms with van der Waals surface area (Å²) in [6.45, 7) is 4.29. The van der Waals surface area contributed by atoms with E-state index in [1.165, 1.54) is 0 Å². The van der Waals surface area contributed by atoms with Gasteiger partial charge in [-0.15, -0.1) is 0 Å². The van der Waals surface area contributed by atoms with Crippen LogP contribution in [-0.2, 0) is 11.3 Å². The van der Waals surface area contributed by atoms with E-state index < -0.39 is 0 Å². The lowest BCUT2D eigenvalue weighted by atomic mass is 10.1. The molecule has 0 aliphatic carbocycles. The van der Waals surface area contributed by atoms with Crippen LogP contribution in [0.25, 0.3) is 0 Å². The lowest BCUT2D eigenvalue weighted by Crippen LogP contribution is -2.51. The van der Waals surface area contributed by atoms with Crippen LogP contribution in [0.3, 0.4) is 0 Å². The minimum atomic E-state index is 0.0423. The number of pyridine rings is 1. The zero-order valence-corrected chi connectivity index (χ0v) is 15.6. The average molecular weight is 359 g/mol. The van der Waals surface area contributed by atoms with E-state index in [0.717, 1.165) is 57.4 Å². The quantitative estimate of drug-likeness (QED) is 0.861. The molecule has 0 spiro atoms. The zero-order valence-electron chi connectivity index (χ0n) is 15.6. The normalized spacial score (nSPS) is 18.4. The number of amides is 3. The Balaban J connectivity index is 1.37. The minimum Gasteiger partial charge on any atom is -0.352 e. The molecule has 0 atom stereocenters. The molecule has 2 saturated heterocycles. The summed E-state index contributed by atoms with van der Waals surface area (Å²) in [5.41, 5.74) is 1.09. The summed E-state index contributed by atoms with van der Waals surface area (Å²) in [5, 5.41) is 3.12. The molecule has 0 saturated carbocycles.